The second-order valence-corrected chi connectivity index (χ2v) is 6.70. The van der Waals surface area contributed by atoms with Gasteiger partial charge in [-0.05, 0) is 38.0 Å². The van der Waals surface area contributed by atoms with Crippen LogP contribution in [0.1, 0.15) is 35.1 Å². The second-order valence-electron chi connectivity index (χ2n) is 6.26. The fourth-order valence-electron chi connectivity index (χ4n) is 3.09. The van der Waals surface area contributed by atoms with Crippen molar-refractivity contribution in [2.45, 2.75) is 25.8 Å². The first-order chi connectivity index (χ1) is 12.6. The summed E-state index contributed by atoms with van der Waals surface area (Å²) in [5.41, 5.74) is 1.17. The van der Waals surface area contributed by atoms with Crippen LogP contribution in [-0.2, 0) is 0 Å². The molecule has 9 heteroatoms. The van der Waals surface area contributed by atoms with Crippen molar-refractivity contribution in [2.24, 2.45) is 0 Å². The molecule has 1 fully saturated rings. The number of aromatic nitrogens is 5. The van der Waals surface area contributed by atoms with Crippen LogP contribution in [0.5, 0.6) is 0 Å². The Morgan fingerprint density at radius 3 is 2.81 bits per heavy atom. The minimum Gasteiger partial charge on any atom is -0.338 e. The molecule has 0 radical (unpaired) electrons. The van der Waals surface area contributed by atoms with Gasteiger partial charge in [-0.3, -0.25) is 4.79 Å². The van der Waals surface area contributed by atoms with Gasteiger partial charge in [-0.1, -0.05) is 28.0 Å². The van der Waals surface area contributed by atoms with Crippen LogP contribution in [0.25, 0.3) is 11.6 Å². The predicted molar refractivity (Wildman–Crippen MR) is 93.7 cm³/mol. The maximum absolute atomic E-state index is 12.6. The van der Waals surface area contributed by atoms with Gasteiger partial charge in [0.05, 0.1) is 12.2 Å². The topological polar surface area (TPSA) is 89.9 Å². The van der Waals surface area contributed by atoms with Gasteiger partial charge in [0.15, 0.2) is 11.5 Å². The van der Waals surface area contributed by atoms with Crippen LogP contribution in [0.15, 0.2) is 35.0 Å². The number of likely N-dealkylation sites (tertiary alicyclic amines) is 1. The summed E-state index contributed by atoms with van der Waals surface area (Å²) in [4.78, 5) is 18.6. The van der Waals surface area contributed by atoms with E-state index in [1.165, 1.54) is 0 Å². The number of carbonyl (C=O) groups excluding carboxylic acids is 1. The zero-order valence-electron chi connectivity index (χ0n) is 14.2. The van der Waals surface area contributed by atoms with E-state index >= 15 is 0 Å². The van der Waals surface area contributed by atoms with E-state index in [9.17, 15) is 4.79 Å². The standard InChI is InChI=1S/C17H17ClN6O2/c1-11-19-16(26-21-11)15-10-24(22-20-15)14-5-7-23(8-6-14)17(25)12-3-2-4-13(18)9-12/h2-4,9-10,14H,5-8H2,1H3. The summed E-state index contributed by atoms with van der Waals surface area (Å²) in [7, 11) is 0. The lowest BCUT2D eigenvalue weighted by atomic mass is 10.0. The SMILES string of the molecule is Cc1noc(-c2cn(C3CCN(C(=O)c4cccc(Cl)c4)CC3)nn2)n1. The normalized spacial score (nSPS) is 15.4. The van der Waals surface area contributed by atoms with Gasteiger partial charge in [-0.2, -0.15) is 4.98 Å². The van der Waals surface area contributed by atoms with E-state index in [0.717, 1.165) is 12.8 Å². The summed E-state index contributed by atoms with van der Waals surface area (Å²) in [5.74, 6) is 0.927. The van der Waals surface area contributed by atoms with E-state index in [4.69, 9.17) is 16.1 Å². The first-order valence-corrected chi connectivity index (χ1v) is 8.75. The van der Waals surface area contributed by atoms with Gasteiger partial charge in [-0.25, -0.2) is 4.68 Å². The third-order valence-corrected chi connectivity index (χ3v) is 4.69. The van der Waals surface area contributed by atoms with Gasteiger partial charge in [0, 0.05) is 23.7 Å². The highest BCUT2D eigenvalue weighted by atomic mass is 35.5. The molecule has 0 N–H and O–H groups in total. The van der Waals surface area contributed by atoms with Crippen molar-refractivity contribution in [3.63, 3.8) is 0 Å². The van der Waals surface area contributed by atoms with Crippen molar-refractivity contribution < 1.29 is 9.32 Å². The van der Waals surface area contributed by atoms with Crippen LogP contribution in [0.2, 0.25) is 5.02 Å². The maximum Gasteiger partial charge on any atom is 0.280 e. The maximum atomic E-state index is 12.6. The zero-order chi connectivity index (χ0) is 18.1. The monoisotopic (exact) mass is 372 g/mol. The van der Waals surface area contributed by atoms with Crippen LogP contribution in [0, 0.1) is 6.92 Å². The Kier molecular flexibility index (Phi) is 4.42. The van der Waals surface area contributed by atoms with Crippen molar-refractivity contribution in [3.8, 4) is 11.6 Å². The molecule has 4 rings (SSSR count). The number of nitrogens with zero attached hydrogens (tertiary/aromatic N) is 6. The highest BCUT2D eigenvalue weighted by Gasteiger charge is 2.26. The molecule has 1 aliphatic rings. The first-order valence-electron chi connectivity index (χ1n) is 8.37. The summed E-state index contributed by atoms with van der Waals surface area (Å²) >= 11 is 5.98. The smallest absolute Gasteiger partial charge is 0.280 e. The van der Waals surface area contributed by atoms with E-state index < -0.39 is 0 Å². The van der Waals surface area contributed by atoms with Crippen LogP contribution in [-0.4, -0.2) is 49.0 Å². The molecule has 1 aliphatic heterocycles. The minimum absolute atomic E-state index is 0.00608. The van der Waals surface area contributed by atoms with Gasteiger partial charge in [0.1, 0.15) is 0 Å². The van der Waals surface area contributed by atoms with E-state index in [1.807, 2.05) is 15.8 Å². The first kappa shape index (κ1) is 16.7. The fourth-order valence-corrected chi connectivity index (χ4v) is 3.28. The van der Waals surface area contributed by atoms with Crippen LogP contribution < -0.4 is 0 Å². The molecule has 3 aromatic rings. The second kappa shape index (κ2) is 6.87. The molecule has 1 amide bonds. The van der Waals surface area contributed by atoms with Gasteiger partial charge in [0.2, 0.25) is 0 Å². The number of amides is 1. The summed E-state index contributed by atoms with van der Waals surface area (Å²) < 4.78 is 6.93. The molecule has 1 saturated heterocycles. The Hall–Kier alpha value is -2.74. The van der Waals surface area contributed by atoms with Crippen molar-refractivity contribution in [2.75, 3.05) is 13.1 Å². The summed E-state index contributed by atoms with van der Waals surface area (Å²) in [6.07, 6.45) is 3.42. The number of hydrogen-bond acceptors (Lipinski definition) is 6. The van der Waals surface area contributed by atoms with Crippen molar-refractivity contribution in [1.82, 2.24) is 30.0 Å². The fraction of sp³-hybridized carbons (Fsp3) is 0.353. The van der Waals surface area contributed by atoms with Crippen LogP contribution >= 0.6 is 11.6 Å². The van der Waals surface area contributed by atoms with E-state index in [0.29, 0.717) is 41.1 Å². The molecule has 3 heterocycles. The van der Waals surface area contributed by atoms with E-state index in [1.54, 1.807) is 31.2 Å². The number of hydrogen-bond donors (Lipinski definition) is 0. The average molecular weight is 373 g/mol. The Morgan fingerprint density at radius 2 is 2.12 bits per heavy atom. The molecule has 0 atom stereocenters. The van der Waals surface area contributed by atoms with Crippen LogP contribution in [0.3, 0.4) is 0 Å². The Balaban J connectivity index is 1.41. The number of benzene rings is 1. The number of carbonyl (C=O) groups is 1. The highest BCUT2D eigenvalue weighted by Crippen LogP contribution is 2.25. The Bertz CT molecular complexity index is 929. The summed E-state index contributed by atoms with van der Waals surface area (Å²) in [5, 5.41) is 12.6. The molecule has 0 unspecified atom stereocenters. The number of aryl methyl sites for hydroxylation is 1. The molecule has 0 aliphatic carbocycles. The quantitative estimate of drug-likeness (QED) is 0.702. The largest absolute Gasteiger partial charge is 0.338 e. The van der Waals surface area contributed by atoms with Crippen molar-refractivity contribution in [1.29, 1.82) is 0 Å². The summed E-state index contributed by atoms with van der Waals surface area (Å²) in [6, 6.07) is 7.22. The lowest BCUT2D eigenvalue weighted by Gasteiger charge is -2.31. The molecule has 134 valence electrons. The van der Waals surface area contributed by atoms with Crippen molar-refractivity contribution >= 4 is 17.5 Å². The highest BCUT2D eigenvalue weighted by molar-refractivity contribution is 6.30. The Labute approximate surface area is 154 Å². The third-order valence-electron chi connectivity index (χ3n) is 4.45. The molecule has 8 nitrogen and oxygen atoms in total. The molecule has 26 heavy (non-hydrogen) atoms. The lowest BCUT2D eigenvalue weighted by Crippen LogP contribution is -2.39. The molecular weight excluding hydrogens is 356 g/mol. The number of rotatable bonds is 3. The van der Waals surface area contributed by atoms with Gasteiger partial charge >= 0.3 is 0 Å². The molecule has 1 aromatic carbocycles. The third kappa shape index (κ3) is 3.32. The predicted octanol–water partition coefficient (Wildman–Crippen LogP) is 2.77. The molecule has 2 aromatic heterocycles. The molecule has 0 bridgehead atoms. The number of piperidine rings is 1. The van der Waals surface area contributed by atoms with Gasteiger partial charge in [0.25, 0.3) is 11.8 Å². The average Bonchev–Trinajstić information content (AvgIpc) is 3.30. The van der Waals surface area contributed by atoms with E-state index in [-0.39, 0.29) is 11.9 Å². The number of halogens is 1. The van der Waals surface area contributed by atoms with E-state index in [2.05, 4.69) is 20.5 Å². The molecular formula is C17H17ClN6O2. The lowest BCUT2D eigenvalue weighted by molar-refractivity contribution is 0.0689. The minimum atomic E-state index is 0.00608. The summed E-state index contributed by atoms with van der Waals surface area (Å²) in [6.45, 7) is 3.07. The van der Waals surface area contributed by atoms with Gasteiger partial charge in [-0.15, -0.1) is 5.10 Å². The van der Waals surface area contributed by atoms with Crippen molar-refractivity contribution in [3.05, 3.63) is 46.9 Å². The van der Waals surface area contributed by atoms with Gasteiger partial charge < -0.3 is 9.42 Å². The molecule has 0 saturated carbocycles. The zero-order valence-corrected chi connectivity index (χ0v) is 14.9. The van der Waals surface area contributed by atoms with Crippen LogP contribution in [0.4, 0.5) is 0 Å². The Morgan fingerprint density at radius 1 is 1.31 bits per heavy atom. The molecule has 0 spiro atoms.